The van der Waals surface area contributed by atoms with E-state index in [1.807, 2.05) is 13.8 Å². The quantitative estimate of drug-likeness (QED) is 0.737. The molecule has 2 aromatic carbocycles. The van der Waals surface area contributed by atoms with Crippen molar-refractivity contribution in [1.82, 2.24) is 0 Å². The normalized spacial score (nSPS) is 13.3. The first kappa shape index (κ1) is 20.4. The molecule has 0 radical (unpaired) electrons. The summed E-state index contributed by atoms with van der Waals surface area (Å²) in [5.41, 5.74) is 2.08. The van der Waals surface area contributed by atoms with E-state index in [-0.39, 0.29) is 25.3 Å². The van der Waals surface area contributed by atoms with E-state index in [0.717, 1.165) is 28.2 Å². The number of carbonyl (C=O) groups is 3. The van der Waals surface area contributed by atoms with Crippen molar-refractivity contribution in [1.29, 1.82) is 0 Å². The van der Waals surface area contributed by atoms with Crippen molar-refractivity contribution in [3.05, 3.63) is 58.7 Å². The molecule has 6 nitrogen and oxygen atoms in total. The summed E-state index contributed by atoms with van der Waals surface area (Å²) in [5, 5.41) is 0. The fourth-order valence-corrected chi connectivity index (χ4v) is 3.16. The molecule has 0 N–H and O–H groups in total. The first-order valence-electron chi connectivity index (χ1n) is 9.07. The van der Waals surface area contributed by atoms with Crippen molar-refractivity contribution < 1.29 is 27.9 Å². The molecule has 152 valence electrons. The van der Waals surface area contributed by atoms with Crippen molar-refractivity contribution in [3.8, 4) is 0 Å². The van der Waals surface area contributed by atoms with Crippen LogP contribution in [-0.4, -0.2) is 37.5 Å². The van der Waals surface area contributed by atoms with E-state index in [2.05, 4.69) is 0 Å². The SMILES string of the molecule is CCOC(=O)CN1C(=O)CN(C(=O)c2ccc(F)cc2F)c2cc(C)c(C)cc21. The Hall–Kier alpha value is -3.29. The Morgan fingerprint density at radius 3 is 2.34 bits per heavy atom. The van der Waals surface area contributed by atoms with Crippen molar-refractivity contribution in [2.24, 2.45) is 0 Å². The summed E-state index contributed by atoms with van der Waals surface area (Å²) in [4.78, 5) is 40.1. The summed E-state index contributed by atoms with van der Waals surface area (Å²) in [5.74, 6) is -3.67. The molecule has 1 aliphatic rings. The molecule has 1 heterocycles. The Balaban J connectivity index is 2.06. The minimum Gasteiger partial charge on any atom is -0.465 e. The molecule has 0 saturated carbocycles. The highest BCUT2D eigenvalue weighted by Crippen LogP contribution is 2.37. The Morgan fingerprint density at radius 1 is 1.07 bits per heavy atom. The van der Waals surface area contributed by atoms with Crippen molar-refractivity contribution in [3.63, 3.8) is 0 Å². The average Bonchev–Trinajstić information content (AvgIpc) is 2.65. The molecule has 29 heavy (non-hydrogen) atoms. The number of amides is 2. The highest BCUT2D eigenvalue weighted by molar-refractivity contribution is 6.16. The van der Waals surface area contributed by atoms with Gasteiger partial charge in [0.2, 0.25) is 5.91 Å². The fourth-order valence-electron chi connectivity index (χ4n) is 3.16. The number of ether oxygens (including phenoxy) is 1. The van der Waals surface area contributed by atoms with Gasteiger partial charge in [0, 0.05) is 6.07 Å². The van der Waals surface area contributed by atoms with E-state index >= 15 is 0 Å². The van der Waals surface area contributed by atoms with E-state index in [1.165, 1.54) is 4.90 Å². The monoisotopic (exact) mass is 402 g/mol. The molecule has 1 aliphatic heterocycles. The summed E-state index contributed by atoms with van der Waals surface area (Å²) in [6.45, 7) is 4.83. The van der Waals surface area contributed by atoms with Crippen LogP contribution < -0.4 is 9.80 Å². The average molecular weight is 402 g/mol. The van der Waals surface area contributed by atoms with Gasteiger partial charge in [-0.25, -0.2) is 8.78 Å². The summed E-state index contributed by atoms with van der Waals surface area (Å²) in [6, 6.07) is 6.05. The first-order valence-corrected chi connectivity index (χ1v) is 9.07. The van der Waals surface area contributed by atoms with Crippen LogP contribution in [0.4, 0.5) is 20.2 Å². The minimum atomic E-state index is -1.01. The lowest BCUT2D eigenvalue weighted by Crippen LogP contribution is -2.50. The predicted octanol–water partition coefficient (Wildman–Crippen LogP) is 3.14. The smallest absolute Gasteiger partial charge is 0.326 e. The van der Waals surface area contributed by atoms with Gasteiger partial charge < -0.3 is 4.74 Å². The van der Waals surface area contributed by atoms with Crippen LogP contribution in [0.3, 0.4) is 0 Å². The Morgan fingerprint density at radius 2 is 1.72 bits per heavy atom. The van der Waals surface area contributed by atoms with Gasteiger partial charge in [-0.15, -0.1) is 0 Å². The number of hydrogen-bond donors (Lipinski definition) is 0. The van der Waals surface area contributed by atoms with Gasteiger partial charge in [0.1, 0.15) is 24.7 Å². The van der Waals surface area contributed by atoms with Crippen LogP contribution in [0.5, 0.6) is 0 Å². The van der Waals surface area contributed by atoms with E-state index in [9.17, 15) is 23.2 Å². The number of rotatable bonds is 4. The maximum Gasteiger partial charge on any atom is 0.326 e. The Bertz CT molecular complexity index is 1010. The molecule has 0 unspecified atom stereocenters. The maximum atomic E-state index is 14.2. The zero-order valence-electron chi connectivity index (χ0n) is 16.3. The standard InChI is InChI=1S/C21H20F2N2O4/c1-4-29-20(27)11-24-17-7-12(2)13(3)8-18(17)25(10-19(24)26)21(28)15-6-5-14(22)9-16(15)23/h5-9H,4,10-11H2,1-3H3. The van der Waals surface area contributed by atoms with Crippen molar-refractivity contribution >= 4 is 29.2 Å². The van der Waals surface area contributed by atoms with Crippen LogP contribution in [0, 0.1) is 25.5 Å². The van der Waals surface area contributed by atoms with E-state index in [4.69, 9.17) is 4.74 Å². The summed E-state index contributed by atoms with van der Waals surface area (Å²) < 4.78 is 32.3. The van der Waals surface area contributed by atoms with Gasteiger partial charge in [-0.3, -0.25) is 24.2 Å². The predicted molar refractivity (Wildman–Crippen MR) is 103 cm³/mol. The molecule has 2 amide bonds. The Kier molecular flexibility index (Phi) is 5.63. The molecule has 0 aromatic heterocycles. The zero-order chi connectivity index (χ0) is 21.3. The van der Waals surface area contributed by atoms with Gasteiger partial charge in [0.25, 0.3) is 5.91 Å². The number of nitrogens with zero attached hydrogens (tertiary/aromatic N) is 2. The molecule has 0 aliphatic carbocycles. The molecular formula is C21H20F2N2O4. The largest absolute Gasteiger partial charge is 0.465 e. The van der Waals surface area contributed by atoms with Gasteiger partial charge in [0.15, 0.2) is 0 Å². The number of carbonyl (C=O) groups excluding carboxylic acids is 3. The number of halogens is 2. The number of esters is 1. The van der Waals surface area contributed by atoms with Crippen LogP contribution in [0.15, 0.2) is 30.3 Å². The third-order valence-corrected chi connectivity index (χ3v) is 4.77. The van der Waals surface area contributed by atoms with Crippen LogP contribution in [0.1, 0.15) is 28.4 Å². The van der Waals surface area contributed by atoms with E-state index < -0.39 is 29.4 Å². The summed E-state index contributed by atoms with van der Waals surface area (Å²) in [6.07, 6.45) is 0. The molecule has 8 heteroatoms. The number of aryl methyl sites for hydroxylation is 2. The van der Waals surface area contributed by atoms with Gasteiger partial charge in [0.05, 0.1) is 23.5 Å². The third kappa shape index (κ3) is 3.96. The molecule has 2 aromatic rings. The molecule has 0 saturated heterocycles. The van der Waals surface area contributed by atoms with Crippen LogP contribution >= 0.6 is 0 Å². The fraction of sp³-hybridized carbons (Fsp3) is 0.286. The zero-order valence-corrected chi connectivity index (χ0v) is 16.3. The topological polar surface area (TPSA) is 66.9 Å². The van der Waals surface area contributed by atoms with Crippen LogP contribution in [0.25, 0.3) is 0 Å². The molecule has 3 rings (SSSR count). The molecule has 0 spiro atoms. The Labute approximate surface area is 166 Å². The molecule has 0 fully saturated rings. The molecule has 0 bridgehead atoms. The van der Waals surface area contributed by atoms with Crippen LogP contribution in [0.2, 0.25) is 0 Å². The van der Waals surface area contributed by atoms with Crippen molar-refractivity contribution in [2.45, 2.75) is 20.8 Å². The lowest BCUT2D eigenvalue weighted by molar-refractivity contribution is -0.142. The third-order valence-electron chi connectivity index (χ3n) is 4.77. The molecular weight excluding hydrogens is 382 g/mol. The van der Waals surface area contributed by atoms with Gasteiger partial charge in [-0.1, -0.05) is 0 Å². The lowest BCUT2D eigenvalue weighted by atomic mass is 10.0. The number of hydrogen-bond acceptors (Lipinski definition) is 4. The second-order valence-corrected chi connectivity index (χ2v) is 6.73. The molecule has 0 atom stereocenters. The maximum absolute atomic E-state index is 14.2. The number of benzene rings is 2. The van der Waals surface area contributed by atoms with Crippen molar-refractivity contribution in [2.75, 3.05) is 29.5 Å². The summed E-state index contributed by atoms with van der Waals surface area (Å²) >= 11 is 0. The first-order chi connectivity index (χ1) is 13.7. The number of anilines is 2. The number of fused-ring (bicyclic) bond motifs is 1. The van der Waals surface area contributed by atoms with Gasteiger partial charge in [-0.2, -0.15) is 0 Å². The minimum absolute atomic E-state index is 0.176. The van der Waals surface area contributed by atoms with E-state index in [1.54, 1.807) is 19.1 Å². The lowest BCUT2D eigenvalue weighted by Gasteiger charge is -2.36. The highest BCUT2D eigenvalue weighted by atomic mass is 19.1. The summed E-state index contributed by atoms with van der Waals surface area (Å²) in [7, 11) is 0. The van der Waals surface area contributed by atoms with Gasteiger partial charge in [-0.05, 0) is 56.2 Å². The van der Waals surface area contributed by atoms with E-state index in [0.29, 0.717) is 17.4 Å². The van der Waals surface area contributed by atoms with Gasteiger partial charge >= 0.3 is 5.97 Å². The second kappa shape index (κ2) is 7.98. The van der Waals surface area contributed by atoms with Crippen LogP contribution in [-0.2, 0) is 14.3 Å². The second-order valence-electron chi connectivity index (χ2n) is 6.73. The highest BCUT2D eigenvalue weighted by Gasteiger charge is 2.35.